The molecule has 0 radical (unpaired) electrons. The van der Waals surface area contributed by atoms with Crippen LogP contribution in [0.25, 0.3) is 0 Å². The summed E-state index contributed by atoms with van der Waals surface area (Å²) in [6.45, 7) is 4.14. The smallest absolute Gasteiger partial charge is 0.0602 e. The van der Waals surface area contributed by atoms with Gasteiger partial charge in [0.15, 0.2) is 0 Å². The lowest BCUT2D eigenvalue weighted by atomic mass is 10.1. The molecule has 0 aromatic carbocycles. The van der Waals surface area contributed by atoms with Gasteiger partial charge in [-0.05, 0) is 19.1 Å². The standard InChI is InChI=1S/C15H32OS/c1-3-4-5-6-7-8-9-10-11-12-13-17-14-15(2)16/h15-16H,3-14H2,1-2H3. The molecular formula is C15H32OS. The second kappa shape index (κ2) is 14.4. The largest absolute Gasteiger partial charge is 0.393 e. The molecule has 0 amide bonds. The van der Waals surface area contributed by atoms with E-state index in [9.17, 15) is 0 Å². The first kappa shape index (κ1) is 17.3. The van der Waals surface area contributed by atoms with Crippen molar-refractivity contribution in [2.24, 2.45) is 0 Å². The maximum Gasteiger partial charge on any atom is 0.0602 e. The quantitative estimate of drug-likeness (QED) is 0.469. The van der Waals surface area contributed by atoms with E-state index in [1.165, 1.54) is 70.0 Å². The Morgan fingerprint density at radius 3 is 1.76 bits per heavy atom. The summed E-state index contributed by atoms with van der Waals surface area (Å²) >= 11 is 1.89. The predicted octanol–water partition coefficient (Wildman–Crippen LogP) is 5.02. The van der Waals surface area contributed by atoms with Gasteiger partial charge < -0.3 is 5.11 Å². The lowest BCUT2D eigenvalue weighted by Gasteiger charge is -2.04. The van der Waals surface area contributed by atoms with E-state index in [4.69, 9.17) is 5.11 Å². The van der Waals surface area contributed by atoms with E-state index < -0.39 is 0 Å². The third-order valence-corrected chi connectivity index (χ3v) is 4.30. The lowest BCUT2D eigenvalue weighted by molar-refractivity contribution is 0.220. The molecule has 0 saturated heterocycles. The molecule has 0 aliphatic carbocycles. The number of unbranched alkanes of at least 4 members (excludes halogenated alkanes) is 9. The van der Waals surface area contributed by atoms with Gasteiger partial charge in [-0.15, -0.1) is 0 Å². The molecule has 17 heavy (non-hydrogen) atoms. The van der Waals surface area contributed by atoms with Gasteiger partial charge in [-0.1, -0.05) is 64.7 Å². The molecule has 1 atom stereocenters. The van der Waals surface area contributed by atoms with E-state index in [1.807, 2.05) is 18.7 Å². The second-order valence-electron chi connectivity index (χ2n) is 5.11. The molecule has 0 bridgehead atoms. The summed E-state index contributed by atoms with van der Waals surface area (Å²) in [6.07, 6.45) is 13.9. The number of hydrogen-bond acceptors (Lipinski definition) is 2. The van der Waals surface area contributed by atoms with Gasteiger partial charge >= 0.3 is 0 Å². The Labute approximate surface area is 113 Å². The SMILES string of the molecule is CCCCCCCCCCCCSCC(C)O. The van der Waals surface area contributed by atoms with Crippen molar-refractivity contribution in [2.75, 3.05) is 11.5 Å². The van der Waals surface area contributed by atoms with Crippen LogP contribution in [-0.4, -0.2) is 22.7 Å². The fourth-order valence-electron chi connectivity index (χ4n) is 1.95. The van der Waals surface area contributed by atoms with Crippen molar-refractivity contribution in [1.82, 2.24) is 0 Å². The highest BCUT2D eigenvalue weighted by atomic mass is 32.2. The number of aliphatic hydroxyl groups is 1. The molecule has 0 aromatic heterocycles. The molecule has 0 aromatic rings. The third-order valence-electron chi connectivity index (χ3n) is 3.00. The minimum Gasteiger partial charge on any atom is -0.393 e. The second-order valence-corrected chi connectivity index (χ2v) is 6.26. The minimum absolute atomic E-state index is 0.136. The van der Waals surface area contributed by atoms with Crippen LogP contribution in [-0.2, 0) is 0 Å². The van der Waals surface area contributed by atoms with Gasteiger partial charge in [0.1, 0.15) is 0 Å². The number of thioether (sulfide) groups is 1. The molecule has 104 valence electrons. The summed E-state index contributed by atoms with van der Waals surface area (Å²) in [5, 5.41) is 9.09. The molecule has 0 fully saturated rings. The fraction of sp³-hybridized carbons (Fsp3) is 1.00. The van der Waals surface area contributed by atoms with E-state index >= 15 is 0 Å². The van der Waals surface area contributed by atoms with Crippen molar-refractivity contribution in [2.45, 2.75) is 84.2 Å². The first-order chi connectivity index (χ1) is 8.27. The van der Waals surface area contributed by atoms with Gasteiger partial charge in [0, 0.05) is 5.75 Å². The van der Waals surface area contributed by atoms with Crippen LogP contribution in [0.3, 0.4) is 0 Å². The molecule has 1 N–H and O–H groups in total. The van der Waals surface area contributed by atoms with Crippen LogP contribution in [0.15, 0.2) is 0 Å². The van der Waals surface area contributed by atoms with Crippen LogP contribution in [0.5, 0.6) is 0 Å². The molecular weight excluding hydrogens is 228 g/mol. The van der Waals surface area contributed by atoms with E-state index in [0.29, 0.717) is 0 Å². The van der Waals surface area contributed by atoms with Gasteiger partial charge in [0.2, 0.25) is 0 Å². The van der Waals surface area contributed by atoms with Crippen LogP contribution in [0.1, 0.15) is 78.1 Å². The summed E-state index contributed by atoms with van der Waals surface area (Å²) in [4.78, 5) is 0. The molecule has 0 saturated carbocycles. The maximum absolute atomic E-state index is 9.09. The highest BCUT2D eigenvalue weighted by Crippen LogP contribution is 2.12. The Kier molecular flexibility index (Phi) is 14.6. The first-order valence-electron chi connectivity index (χ1n) is 7.53. The molecule has 0 aliphatic rings. The van der Waals surface area contributed by atoms with Crippen molar-refractivity contribution < 1.29 is 5.11 Å². The molecule has 0 spiro atoms. The summed E-state index contributed by atoms with van der Waals surface area (Å²) in [6, 6.07) is 0. The van der Waals surface area contributed by atoms with Crippen molar-refractivity contribution in [3.8, 4) is 0 Å². The van der Waals surface area contributed by atoms with Crippen LogP contribution in [0.2, 0.25) is 0 Å². The van der Waals surface area contributed by atoms with Gasteiger partial charge in [-0.2, -0.15) is 11.8 Å². The highest BCUT2D eigenvalue weighted by molar-refractivity contribution is 7.99. The maximum atomic E-state index is 9.09. The topological polar surface area (TPSA) is 20.2 Å². The average molecular weight is 260 g/mol. The molecule has 0 heterocycles. The first-order valence-corrected chi connectivity index (χ1v) is 8.68. The summed E-state index contributed by atoms with van der Waals surface area (Å²) in [5.74, 6) is 2.12. The van der Waals surface area contributed by atoms with Crippen LogP contribution >= 0.6 is 11.8 Å². The van der Waals surface area contributed by atoms with Crippen LogP contribution < -0.4 is 0 Å². The molecule has 1 nitrogen and oxygen atoms in total. The van der Waals surface area contributed by atoms with E-state index in [-0.39, 0.29) is 6.10 Å². The minimum atomic E-state index is -0.136. The molecule has 2 heteroatoms. The number of rotatable bonds is 13. The zero-order valence-corrected chi connectivity index (χ0v) is 12.7. The monoisotopic (exact) mass is 260 g/mol. The van der Waals surface area contributed by atoms with Crippen molar-refractivity contribution in [1.29, 1.82) is 0 Å². The van der Waals surface area contributed by atoms with E-state index in [1.54, 1.807) is 0 Å². The van der Waals surface area contributed by atoms with E-state index in [2.05, 4.69) is 6.92 Å². The van der Waals surface area contributed by atoms with Crippen LogP contribution in [0, 0.1) is 0 Å². The molecule has 0 rings (SSSR count). The zero-order valence-electron chi connectivity index (χ0n) is 11.9. The Morgan fingerprint density at radius 2 is 1.29 bits per heavy atom. The highest BCUT2D eigenvalue weighted by Gasteiger charge is 1.96. The van der Waals surface area contributed by atoms with Crippen molar-refractivity contribution >= 4 is 11.8 Å². The van der Waals surface area contributed by atoms with Gasteiger partial charge in [-0.25, -0.2) is 0 Å². The Balaban J connectivity index is 2.89. The van der Waals surface area contributed by atoms with Crippen molar-refractivity contribution in [3.05, 3.63) is 0 Å². The third kappa shape index (κ3) is 16.3. The predicted molar refractivity (Wildman–Crippen MR) is 80.8 cm³/mol. The Morgan fingerprint density at radius 1 is 0.824 bits per heavy atom. The normalized spacial score (nSPS) is 12.9. The summed E-state index contributed by atoms with van der Waals surface area (Å²) in [7, 11) is 0. The zero-order chi connectivity index (χ0) is 12.8. The van der Waals surface area contributed by atoms with Crippen molar-refractivity contribution in [3.63, 3.8) is 0 Å². The lowest BCUT2D eigenvalue weighted by Crippen LogP contribution is -2.03. The van der Waals surface area contributed by atoms with Gasteiger partial charge in [-0.3, -0.25) is 0 Å². The molecule has 0 aliphatic heterocycles. The fourth-order valence-corrected chi connectivity index (χ4v) is 2.86. The van der Waals surface area contributed by atoms with E-state index in [0.717, 1.165) is 5.75 Å². The van der Waals surface area contributed by atoms with Crippen LogP contribution in [0.4, 0.5) is 0 Å². The average Bonchev–Trinajstić information content (AvgIpc) is 2.30. The number of aliphatic hydroxyl groups excluding tert-OH is 1. The van der Waals surface area contributed by atoms with Gasteiger partial charge in [0.05, 0.1) is 6.10 Å². The Bertz CT molecular complexity index is 137. The summed E-state index contributed by atoms with van der Waals surface area (Å²) in [5.41, 5.74) is 0. The number of hydrogen-bond donors (Lipinski definition) is 1. The van der Waals surface area contributed by atoms with Gasteiger partial charge in [0.25, 0.3) is 0 Å². The summed E-state index contributed by atoms with van der Waals surface area (Å²) < 4.78 is 0. The Hall–Kier alpha value is 0.310. The molecule has 1 unspecified atom stereocenters.